The van der Waals surface area contributed by atoms with Gasteiger partial charge in [0.1, 0.15) is 18.2 Å². The van der Waals surface area contributed by atoms with E-state index in [9.17, 15) is 10.1 Å². The Bertz CT molecular complexity index is 1210. The molecule has 0 aliphatic rings. The van der Waals surface area contributed by atoms with Crippen LogP contribution in [0.3, 0.4) is 0 Å². The van der Waals surface area contributed by atoms with Crippen molar-refractivity contribution in [1.82, 2.24) is 0 Å². The molecule has 1 amide bonds. The molecule has 7 heteroatoms. The second-order valence-corrected chi connectivity index (χ2v) is 9.12. The molecule has 0 heterocycles. The van der Waals surface area contributed by atoms with Crippen molar-refractivity contribution in [3.05, 3.63) is 91.9 Å². The molecule has 0 radical (unpaired) electrons. The summed E-state index contributed by atoms with van der Waals surface area (Å²) < 4.78 is 13.5. The first kappa shape index (κ1) is 25.5. The van der Waals surface area contributed by atoms with E-state index in [-0.39, 0.29) is 5.57 Å². The Morgan fingerprint density at radius 2 is 1.68 bits per heavy atom. The normalized spacial score (nSPS) is 11.0. The van der Waals surface area contributed by atoms with Crippen LogP contribution in [0.15, 0.2) is 75.2 Å². The standard InChI is InChI=1S/C27H24Br2N2O3/c1-3-18-7-11-23(12-8-18)31-27(32)21(16-30)13-20-14-24(29)26(25(15-20)33-4-2)34-17-19-5-9-22(28)10-6-19/h5-15H,3-4,17H2,1-2H3,(H,31,32)/b21-13-. The predicted molar refractivity (Wildman–Crippen MR) is 142 cm³/mol. The molecule has 0 spiro atoms. The second-order valence-electron chi connectivity index (χ2n) is 7.35. The van der Waals surface area contributed by atoms with E-state index < -0.39 is 5.91 Å². The van der Waals surface area contributed by atoms with Gasteiger partial charge in [0, 0.05) is 10.2 Å². The Kier molecular flexibility index (Phi) is 9.32. The zero-order chi connectivity index (χ0) is 24.5. The van der Waals surface area contributed by atoms with Gasteiger partial charge in [-0.05, 0) is 88.4 Å². The summed E-state index contributed by atoms with van der Waals surface area (Å²) >= 11 is 6.97. The van der Waals surface area contributed by atoms with Crippen LogP contribution in [0.25, 0.3) is 6.08 Å². The molecule has 0 saturated carbocycles. The fraction of sp³-hybridized carbons (Fsp3) is 0.185. The van der Waals surface area contributed by atoms with Gasteiger partial charge in [-0.25, -0.2) is 0 Å². The van der Waals surface area contributed by atoms with E-state index >= 15 is 0 Å². The average Bonchev–Trinajstić information content (AvgIpc) is 2.83. The fourth-order valence-electron chi connectivity index (χ4n) is 3.15. The monoisotopic (exact) mass is 582 g/mol. The third-order valence-corrected chi connectivity index (χ3v) is 6.04. The zero-order valence-electron chi connectivity index (χ0n) is 18.9. The van der Waals surface area contributed by atoms with E-state index in [0.717, 1.165) is 16.5 Å². The van der Waals surface area contributed by atoms with E-state index in [1.54, 1.807) is 12.1 Å². The van der Waals surface area contributed by atoms with E-state index in [2.05, 4.69) is 44.1 Å². The largest absolute Gasteiger partial charge is 0.490 e. The van der Waals surface area contributed by atoms with Crippen LogP contribution in [0.5, 0.6) is 11.5 Å². The highest BCUT2D eigenvalue weighted by molar-refractivity contribution is 9.10. The molecule has 1 N–H and O–H groups in total. The third kappa shape index (κ3) is 6.96. The number of halogens is 2. The number of anilines is 1. The minimum absolute atomic E-state index is 0.0163. The number of nitrogens with zero attached hydrogens (tertiary/aromatic N) is 1. The molecule has 0 bridgehead atoms. The van der Waals surface area contributed by atoms with Crippen LogP contribution in [0.2, 0.25) is 0 Å². The predicted octanol–water partition coefficient (Wildman–Crippen LogP) is 7.30. The van der Waals surface area contributed by atoms with Gasteiger partial charge in [-0.1, -0.05) is 47.1 Å². The summed E-state index contributed by atoms with van der Waals surface area (Å²) in [6.07, 6.45) is 2.44. The first-order valence-electron chi connectivity index (χ1n) is 10.8. The maximum Gasteiger partial charge on any atom is 0.266 e. The number of hydrogen-bond acceptors (Lipinski definition) is 4. The first-order valence-corrected chi connectivity index (χ1v) is 12.4. The van der Waals surface area contributed by atoms with E-state index in [1.807, 2.05) is 61.5 Å². The van der Waals surface area contributed by atoms with Crippen molar-refractivity contribution in [1.29, 1.82) is 5.26 Å². The summed E-state index contributed by atoms with van der Waals surface area (Å²) in [5.74, 6) is 0.602. The molecule has 3 rings (SSSR count). The second kappa shape index (κ2) is 12.4. The molecule has 0 aliphatic carbocycles. The highest BCUT2D eigenvalue weighted by Crippen LogP contribution is 2.38. The lowest BCUT2D eigenvalue weighted by Gasteiger charge is -2.15. The molecule has 5 nitrogen and oxygen atoms in total. The van der Waals surface area contributed by atoms with Gasteiger partial charge in [-0.3, -0.25) is 4.79 Å². The number of aryl methyl sites for hydroxylation is 1. The molecule has 3 aromatic rings. The molecule has 34 heavy (non-hydrogen) atoms. The molecule has 0 atom stereocenters. The molecule has 0 aromatic heterocycles. The van der Waals surface area contributed by atoms with Crippen molar-refractivity contribution in [2.24, 2.45) is 0 Å². The van der Waals surface area contributed by atoms with Crippen LogP contribution in [-0.2, 0) is 17.8 Å². The van der Waals surface area contributed by atoms with Crippen LogP contribution < -0.4 is 14.8 Å². The summed E-state index contributed by atoms with van der Waals surface area (Å²) in [5, 5.41) is 12.4. The molecule has 0 saturated heterocycles. The number of rotatable bonds is 9. The summed E-state index contributed by atoms with van der Waals surface area (Å²) in [5.41, 5.74) is 3.44. The van der Waals surface area contributed by atoms with Gasteiger partial charge in [0.05, 0.1) is 11.1 Å². The van der Waals surface area contributed by atoms with Crippen LogP contribution in [0.1, 0.15) is 30.5 Å². The van der Waals surface area contributed by atoms with Gasteiger partial charge in [-0.2, -0.15) is 5.26 Å². The molecule has 0 unspecified atom stereocenters. The summed E-state index contributed by atoms with van der Waals surface area (Å²) in [7, 11) is 0. The van der Waals surface area contributed by atoms with Crippen LogP contribution in [0.4, 0.5) is 5.69 Å². The lowest BCUT2D eigenvalue weighted by molar-refractivity contribution is -0.112. The topological polar surface area (TPSA) is 71.3 Å². The Labute approximate surface area is 216 Å². The van der Waals surface area contributed by atoms with Gasteiger partial charge >= 0.3 is 0 Å². The lowest BCUT2D eigenvalue weighted by atomic mass is 10.1. The third-order valence-electron chi connectivity index (χ3n) is 4.92. The molecule has 3 aromatic carbocycles. The Morgan fingerprint density at radius 1 is 1.00 bits per heavy atom. The fourth-order valence-corrected chi connectivity index (χ4v) is 3.99. The maximum atomic E-state index is 12.7. The van der Waals surface area contributed by atoms with Gasteiger partial charge in [-0.15, -0.1) is 0 Å². The van der Waals surface area contributed by atoms with Crippen molar-refractivity contribution in [3.8, 4) is 17.6 Å². The number of benzene rings is 3. The van der Waals surface area contributed by atoms with Crippen molar-refractivity contribution >= 4 is 49.5 Å². The summed E-state index contributed by atoms with van der Waals surface area (Å²) in [6, 6.07) is 20.9. The van der Waals surface area contributed by atoms with E-state index in [0.29, 0.717) is 40.4 Å². The van der Waals surface area contributed by atoms with E-state index in [4.69, 9.17) is 9.47 Å². The SMILES string of the molecule is CCOc1cc(/C=C(/C#N)C(=O)Nc2ccc(CC)cc2)cc(Br)c1OCc1ccc(Br)cc1. The van der Waals surface area contributed by atoms with Crippen molar-refractivity contribution in [2.45, 2.75) is 26.9 Å². The van der Waals surface area contributed by atoms with E-state index in [1.165, 1.54) is 11.6 Å². The Balaban J connectivity index is 1.81. The number of carbonyl (C=O) groups is 1. The maximum absolute atomic E-state index is 12.7. The first-order chi connectivity index (χ1) is 16.4. The number of nitrogens with one attached hydrogen (secondary N) is 1. The van der Waals surface area contributed by atoms with Gasteiger partial charge in [0.25, 0.3) is 5.91 Å². The van der Waals surface area contributed by atoms with Gasteiger partial charge in [0.15, 0.2) is 11.5 Å². The number of hydrogen-bond donors (Lipinski definition) is 1. The van der Waals surface area contributed by atoms with Crippen LogP contribution >= 0.6 is 31.9 Å². The Hall–Kier alpha value is -3.08. The van der Waals surface area contributed by atoms with Crippen molar-refractivity contribution in [3.63, 3.8) is 0 Å². The molecule has 0 fully saturated rings. The smallest absolute Gasteiger partial charge is 0.266 e. The minimum atomic E-state index is -0.476. The number of carbonyl (C=O) groups excluding carboxylic acids is 1. The minimum Gasteiger partial charge on any atom is -0.490 e. The zero-order valence-corrected chi connectivity index (χ0v) is 22.1. The summed E-state index contributed by atoms with van der Waals surface area (Å²) in [4.78, 5) is 12.7. The van der Waals surface area contributed by atoms with Crippen molar-refractivity contribution in [2.75, 3.05) is 11.9 Å². The molecular weight excluding hydrogens is 560 g/mol. The van der Waals surface area contributed by atoms with Crippen molar-refractivity contribution < 1.29 is 14.3 Å². The van der Waals surface area contributed by atoms with Gasteiger partial charge in [0.2, 0.25) is 0 Å². The Morgan fingerprint density at radius 3 is 2.29 bits per heavy atom. The lowest BCUT2D eigenvalue weighted by Crippen LogP contribution is -2.13. The summed E-state index contributed by atoms with van der Waals surface area (Å²) in [6.45, 7) is 4.75. The molecule has 0 aliphatic heterocycles. The average molecular weight is 584 g/mol. The number of amides is 1. The molecule has 174 valence electrons. The number of ether oxygens (including phenoxy) is 2. The highest BCUT2D eigenvalue weighted by Gasteiger charge is 2.15. The number of nitriles is 1. The highest BCUT2D eigenvalue weighted by atomic mass is 79.9. The van der Waals surface area contributed by atoms with Crippen LogP contribution in [-0.4, -0.2) is 12.5 Å². The molecular formula is C27H24Br2N2O3. The van der Waals surface area contributed by atoms with Gasteiger partial charge < -0.3 is 14.8 Å². The van der Waals surface area contributed by atoms with Crippen LogP contribution in [0, 0.1) is 11.3 Å². The quantitative estimate of drug-likeness (QED) is 0.212.